The zero-order valence-corrected chi connectivity index (χ0v) is 12.6. The molecule has 0 aliphatic rings. The summed E-state index contributed by atoms with van der Waals surface area (Å²) in [6.07, 6.45) is 5.28. The summed E-state index contributed by atoms with van der Waals surface area (Å²) in [7, 11) is 0. The van der Waals surface area contributed by atoms with Gasteiger partial charge in [0.2, 0.25) is 0 Å². The fourth-order valence-corrected chi connectivity index (χ4v) is 2.17. The Labute approximate surface area is 113 Å². The lowest BCUT2D eigenvalue weighted by Crippen LogP contribution is -2.33. The van der Waals surface area contributed by atoms with Crippen LogP contribution < -0.4 is 5.32 Å². The Morgan fingerprint density at radius 2 is 2.12 bits per heavy atom. The van der Waals surface area contributed by atoms with Crippen molar-refractivity contribution in [2.75, 3.05) is 6.54 Å². The normalized spacial score (nSPS) is 13.0. The predicted molar refractivity (Wildman–Crippen MR) is 77.2 cm³/mol. The van der Waals surface area contributed by atoms with Crippen LogP contribution in [0.25, 0.3) is 0 Å². The van der Waals surface area contributed by atoms with Crippen LogP contribution >= 0.6 is 15.9 Å². The lowest BCUT2D eigenvalue weighted by molar-refractivity contribution is 0.414. The summed E-state index contributed by atoms with van der Waals surface area (Å²) in [6.45, 7) is 7.84. The van der Waals surface area contributed by atoms with Gasteiger partial charge in [-0.15, -0.1) is 0 Å². The average molecular weight is 299 g/mol. The van der Waals surface area contributed by atoms with E-state index < -0.39 is 0 Å². The Bertz CT molecular complexity index is 309. The molecule has 3 heteroatoms. The van der Waals surface area contributed by atoms with Crippen molar-refractivity contribution in [2.45, 2.75) is 46.1 Å². The van der Waals surface area contributed by atoms with Gasteiger partial charge in [-0.25, -0.2) is 0 Å². The number of nitrogens with one attached hydrogen (secondary N) is 1. The zero-order valence-electron chi connectivity index (χ0n) is 11.0. The molecule has 0 radical (unpaired) electrons. The molecule has 96 valence electrons. The van der Waals surface area contributed by atoms with E-state index >= 15 is 0 Å². The fourth-order valence-electron chi connectivity index (χ4n) is 1.94. The first kappa shape index (κ1) is 14.7. The molecule has 0 bridgehead atoms. The van der Waals surface area contributed by atoms with Crippen molar-refractivity contribution in [3.05, 3.63) is 28.5 Å². The summed E-state index contributed by atoms with van der Waals surface area (Å²) in [5.74, 6) is 0.722. The first-order valence-corrected chi connectivity index (χ1v) is 7.25. The number of hydrogen-bond acceptors (Lipinski definition) is 2. The summed E-state index contributed by atoms with van der Waals surface area (Å²) >= 11 is 3.42. The molecule has 17 heavy (non-hydrogen) atoms. The van der Waals surface area contributed by atoms with Gasteiger partial charge in [0.25, 0.3) is 0 Å². The summed E-state index contributed by atoms with van der Waals surface area (Å²) in [5, 5.41) is 3.61. The van der Waals surface area contributed by atoms with Crippen LogP contribution in [0, 0.1) is 5.92 Å². The Morgan fingerprint density at radius 1 is 1.35 bits per heavy atom. The lowest BCUT2D eigenvalue weighted by atomic mass is 9.99. The molecule has 0 aliphatic carbocycles. The van der Waals surface area contributed by atoms with Crippen molar-refractivity contribution in [1.29, 1.82) is 0 Å². The van der Waals surface area contributed by atoms with E-state index in [9.17, 15) is 0 Å². The minimum absolute atomic E-state index is 0.545. The second-order valence-corrected chi connectivity index (χ2v) is 5.87. The molecule has 2 nitrogen and oxygen atoms in total. The van der Waals surface area contributed by atoms with Gasteiger partial charge in [-0.2, -0.15) is 0 Å². The number of pyridine rings is 1. The van der Waals surface area contributed by atoms with Gasteiger partial charge in [0.15, 0.2) is 0 Å². The summed E-state index contributed by atoms with van der Waals surface area (Å²) in [5.41, 5.74) is 1.17. The average Bonchev–Trinajstić information content (AvgIpc) is 2.28. The molecule has 0 fully saturated rings. The van der Waals surface area contributed by atoms with Gasteiger partial charge in [-0.3, -0.25) is 4.98 Å². The Kier molecular flexibility index (Phi) is 6.75. The van der Waals surface area contributed by atoms with Gasteiger partial charge >= 0.3 is 0 Å². The van der Waals surface area contributed by atoms with Crippen LogP contribution in [0.15, 0.2) is 22.8 Å². The van der Waals surface area contributed by atoms with Crippen molar-refractivity contribution >= 4 is 15.9 Å². The Hall–Kier alpha value is -0.410. The second kappa shape index (κ2) is 7.83. The minimum Gasteiger partial charge on any atom is -0.314 e. The molecule has 0 saturated heterocycles. The molecule has 0 saturated carbocycles. The van der Waals surface area contributed by atoms with E-state index in [1.807, 2.05) is 6.20 Å². The smallest absolute Gasteiger partial charge is 0.0419 e. The van der Waals surface area contributed by atoms with E-state index in [0.717, 1.165) is 23.4 Å². The Balaban J connectivity index is 2.54. The molecule has 1 aromatic rings. The van der Waals surface area contributed by atoms with Crippen LogP contribution in [0.3, 0.4) is 0 Å². The van der Waals surface area contributed by atoms with Crippen LogP contribution in [0.2, 0.25) is 0 Å². The van der Waals surface area contributed by atoms with Gasteiger partial charge in [-0.1, -0.05) is 20.8 Å². The molecule has 0 amide bonds. The molecule has 0 aliphatic heterocycles. The highest BCUT2D eigenvalue weighted by Gasteiger charge is 2.11. The van der Waals surface area contributed by atoms with E-state index in [1.165, 1.54) is 18.5 Å². The van der Waals surface area contributed by atoms with E-state index in [1.54, 1.807) is 0 Å². The van der Waals surface area contributed by atoms with E-state index in [2.05, 4.69) is 59.1 Å². The monoisotopic (exact) mass is 298 g/mol. The third-order valence-corrected chi connectivity index (χ3v) is 3.15. The molecule has 1 atom stereocenters. The molecule has 1 rings (SSSR count). The van der Waals surface area contributed by atoms with Gasteiger partial charge < -0.3 is 5.32 Å². The molecule has 1 aromatic heterocycles. The highest BCUT2D eigenvalue weighted by molar-refractivity contribution is 9.10. The maximum Gasteiger partial charge on any atom is 0.0419 e. The lowest BCUT2D eigenvalue weighted by Gasteiger charge is -2.20. The number of nitrogens with zero attached hydrogens (tertiary/aromatic N) is 1. The van der Waals surface area contributed by atoms with Crippen molar-refractivity contribution in [2.24, 2.45) is 5.92 Å². The van der Waals surface area contributed by atoms with E-state index in [4.69, 9.17) is 0 Å². The number of rotatable bonds is 7. The van der Waals surface area contributed by atoms with Crippen molar-refractivity contribution in [1.82, 2.24) is 10.3 Å². The molecule has 0 spiro atoms. The van der Waals surface area contributed by atoms with Gasteiger partial charge in [-0.05, 0) is 53.4 Å². The Morgan fingerprint density at radius 3 is 2.65 bits per heavy atom. The third kappa shape index (κ3) is 6.18. The molecule has 0 aromatic carbocycles. The standard InChI is InChI=1S/C14H23BrN2/c1-4-7-16-14(8-11(2)3)9-13-6-5-12(15)10-17-13/h5-6,10-11,14,16H,4,7-9H2,1-3H3. The molecular formula is C14H23BrN2. The van der Waals surface area contributed by atoms with Crippen LogP contribution in [-0.4, -0.2) is 17.6 Å². The molecule has 1 N–H and O–H groups in total. The summed E-state index contributed by atoms with van der Waals surface area (Å²) in [6, 6.07) is 4.71. The number of hydrogen-bond donors (Lipinski definition) is 1. The first-order valence-electron chi connectivity index (χ1n) is 6.45. The third-order valence-electron chi connectivity index (χ3n) is 2.68. The summed E-state index contributed by atoms with van der Waals surface area (Å²) < 4.78 is 1.04. The highest BCUT2D eigenvalue weighted by atomic mass is 79.9. The largest absolute Gasteiger partial charge is 0.314 e. The summed E-state index contributed by atoms with van der Waals surface area (Å²) in [4.78, 5) is 4.45. The van der Waals surface area contributed by atoms with E-state index in [-0.39, 0.29) is 0 Å². The molecule has 1 unspecified atom stereocenters. The minimum atomic E-state index is 0.545. The maximum absolute atomic E-state index is 4.45. The quantitative estimate of drug-likeness (QED) is 0.828. The van der Waals surface area contributed by atoms with E-state index in [0.29, 0.717) is 6.04 Å². The SMILES string of the molecule is CCCNC(Cc1ccc(Br)cn1)CC(C)C. The second-order valence-electron chi connectivity index (χ2n) is 4.95. The van der Waals surface area contributed by atoms with Crippen molar-refractivity contribution < 1.29 is 0 Å². The van der Waals surface area contributed by atoms with Crippen molar-refractivity contribution in [3.63, 3.8) is 0 Å². The van der Waals surface area contributed by atoms with Crippen LogP contribution in [0.1, 0.15) is 39.3 Å². The maximum atomic E-state index is 4.45. The van der Waals surface area contributed by atoms with Crippen LogP contribution in [0.4, 0.5) is 0 Å². The number of aromatic nitrogens is 1. The fraction of sp³-hybridized carbons (Fsp3) is 0.643. The number of halogens is 1. The topological polar surface area (TPSA) is 24.9 Å². The molecule has 1 heterocycles. The highest BCUT2D eigenvalue weighted by Crippen LogP contribution is 2.12. The van der Waals surface area contributed by atoms with Crippen LogP contribution in [-0.2, 0) is 6.42 Å². The first-order chi connectivity index (χ1) is 8.11. The zero-order chi connectivity index (χ0) is 12.7. The van der Waals surface area contributed by atoms with Crippen LogP contribution in [0.5, 0.6) is 0 Å². The van der Waals surface area contributed by atoms with Gasteiger partial charge in [0.05, 0.1) is 0 Å². The molecular weight excluding hydrogens is 276 g/mol. The van der Waals surface area contributed by atoms with Crippen molar-refractivity contribution in [3.8, 4) is 0 Å². The predicted octanol–water partition coefficient (Wildman–Crippen LogP) is 3.80. The van der Waals surface area contributed by atoms with Gasteiger partial charge in [0.1, 0.15) is 0 Å². The van der Waals surface area contributed by atoms with Gasteiger partial charge in [0, 0.05) is 28.8 Å².